The van der Waals surface area contributed by atoms with Crippen LogP contribution in [0.4, 0.5) is 0 Å². The number of nitrogens with one attached hydrogen (secondary N) is 2. The number of hydrogen-bond donors (Lipinski definition) is 2. The molecule has 10 heteroatoms. The van der Waals surface area contributed by atoms with Gasteiger partial charge in [0.2, 0.25) is 5.91 Å². The van der Waals surface area contributed by atoms with E-state index in [0.29, 0.717) is 44.0 Å². The molecule has 4 heterocycles. The Balaban J connectivity index is 1.26. The Bertz CT molecular complexity index is 1370. The zero-order valence-corrected chi connectivity index (χ0v) is 30.6. The van der Waals surface area contributed by atoms with Gasteiger partial charge in [-0.2, -0.15) is 5.26 Å². The lowest BCUT2D eigenvalue weighted by Crippen LogP contribution is -2.81. The summed E-state index contributed by atoms with van der Waals surface area (Å²) in [5.74, 6) is 1.76. The van der Waals surface area contributed by atoms with Crippen LogP contribution in [0, 0.1) is 23.2 Å². The molecule has 3 saturated heterocycles. The van der Waals surface area contributed by atoms with Crippen molar-refractivity contribution in [3.8, 4) is 6.07 Å². The van der Waals surface area contributed by atoms with E-state index in [9.17, 15) is 10.1 Å². The van der Waals surface area contributed by atoms with Crippen molar-refractivity contribution in [1.29, 1.82) is 5.26 Å². The van der Waals surface area contributed by atoms with Gasteiger partial charge in [0.1, 0.15) is 0 Å². The molecular formula is C39H58N6O3S. The third-order valence-electron chi connectivity index (χ3n) is 13.2. The molecule has 2 saturated carbocycles. The van der Waals surface area contributed by atoms with Crippen LogP contribution in [0.2, 0.25) is 0 Å². The summed E-state index contributed by atoms with van der Waals surface area (Å²) in [5.41, 5.74) is 2.45. The topological polar surface area (TPSA) is 93.1 Å². The smallest absolute Gasteiger partial charge is 0.246 e. The molecule has 9 nitrogen and oxygen atoms in total. The predicted molar refractivity (Wildman–Crippen MR) is 194 cm³/mol. The number of nitrogens with zero attached hydrogens (tertiary/aromatic N) is 4. The highest BCUT2D eigenvalue weighted by Crippen LogP contribution is 2.59. The van der Waals surface area contributed by atoms with E-state index in [0.717, 1.165) is 38.1 Å². The van der Waals surface area contributed by atoms with Gasteiger partial charge in [0, 0.05) is 55.2 Å². The van der Waals surface area contributed by atoms with E-state index in [-0.39, 0.29) is 40.9 Å². The molecule has 0 radical (unpaired) electrons. The Hall–Kier alpha value is -1.97. The molecule has 268 valence electrons. The molecule has 5 fully saturated rings. The Morgan fingerprint density at radius 2 is 1.92 bits per heavy atom. The maximum atomic E-state index is 13.0. The predicted octanol–water partition coefficient (Wildman–Crippen LogP) is 5.39. The number of methoxy groups -OCH3 is 1. The fourth-order valence-corrected chi connectivity index (χ4v) is 12.4. The monoisotopic (exact) mass is 690 g/mol. The molecule has 49 heavy (non-hydrogen) atoms. The number of fused-ring (bicyclic) bond motifs is 2. The third-order valence-corrected chi connectivity index (χ3v) is 14.8. The maximum Gasteiger partial charge on any atom is 0.246 e. The van der Waals surface area contributed by atoms with Crippen LogP contribution >= 0.6 is 11.8 Å². The number of carbonyl (C=O) groups is 1. The molecule has 1 aromatic rings. The van der Waals surface area contributed by atoms with Crippen LogP contribution in [0.1, 0.15) is 94.3 Å². The van der Waals surface area contributed by atoms with Crippen molar-refractivity contribution in [3.05, 3.63) is 48.0 Å². The molecule has 1 amide bonds. The quantitative estimate of drug-likeness (QED) is 0.275. The van der Waals surface area contributed by atoms with E-state index >= 15 is 0 Å². The number of likely N-dealkylation sites (tertiary alicyclic amines) is 1. The lowest BCUT2D eigenvalue weighted by molar-refractivity contribution is -0.183. The van der Waals surface area contributed by atoms with E-state index < -0.39 is 0 Å². The second kappa shape index (κ2) is 15.3. The second-order valence-corrected chi connectivity index (χ2v) is 17.0. The van der Waals surface area contributed by atoms with Crippen molar-refractivity contribution in [1.82, 2.24) is 25.3 Å². The van der Waals surface area contributed by atoms with Gasteiger partial charge in [-0.25, -0.2) is 0 Å². The molecule has 6 aliphatic rings. The fourth-order valence-electron chi connectivity index (χ4n) is 10.8. The minimum absolute atomic E-state index is 0.0154. The van der Waals surface area contributed by atoms with Gasteiger partial charge in [-0.15, -0.1) is 11.8 Å². The second-order valence-electron chi connectivity index (χ2n) is 15.6. The largest absolute Gasteiger partial charge is 0.375 e. The molecule has 0 bridgehead atoms. The molecular weight excluding hydrogens is 633 g/mol. The van der Waals surface area contributed by atoms with Gasteiger partial charge in [-0.3, -0.25) is 20.3 Å². The zero-order chi connectivity index (χ0) is 34.0. The maximum absolute atomic E-state index is 13.0. The summed E-state index contributed by atoms with van der Waals surface area (Å²) in [6, 6.07) is 11.8. The number of thioether (sulfide) groups is 1. The molecule has 0 aromatic heterocycles. The van der Waals surface area contributed by atoms with Crippen LogP contribution in [-0.2, 0) is 20.0 Å². The number of ether oxygens (including phenoxy) is 2. The van der Waals surface area contributed by atoms with Gasteiger partial charge < -0.3 is 19.3 Å². The van der Waals surface area contributed by atoms with E-state index in [4.69, 9.17) is 9.47 Å². The highest BCUT2D eigenvalue weighted by Gasteiger charge is 2.61. The third kappa shape index (κ3) is 6.74. The van der Waals surface area contributed by atoms with Crippen molar-refractivity contribution < 1.29 is 14.3 Å². The number of amides is 1. The summed E-state index contributed by atoms with van der Waals surface area (Å²) in [7, 11) is 4.12. The van der Waals surface area contributed by atoms with Crippen LogP contribution < -0.4 is 10.6 Å². The summed E-state index contributed by atoms with van der Waals surface area (Å²) in [5, 5.41) is 18.3. The van der Waals surface area contributed by atoms with Crippen LogP contribution in [0.25, 0.3) is 0 Å². The number of rotatable bonds is 8. The highest BCUT2D eigenvalue weighted by molar-refractivity contribution is 8.00. The Labute approximate surface area is 298 Å². The first-order valence-corrected chi connectivity index (χ1v) is 20.1. The molecule has 2 N–H and O–H groups in total. The van der Waals surface area contributed by atoms with E-state index in [1.54, 1.807) is 0 Å². The first-order valence-electron chi connectivity index (χ1n) is 19.1. The minimum atomic E-state index is -0.301. The van der Waals surface area contributed by atoms with E-state index in [1.807, 2.05) is 12.0 Å². The summed E-state index contributed by atoms with van der Waals surface area (Å²) in [6.07, 6.45) is 14.6. The summed E-state index contributed by atoms with van der Waals surface area (Å²) >= 11 is 2.10. The first kappa shape index (κ1) is 35.4. The summed E-state index contributed by atoms with van der Waals surface area (Å²) in [6.45, 7) is 7.69. The lowest BCUT2D eigenvalue weighted by atomic mass is 9.63. The van der Waals surface area contributed by atoms with E-state index in [1.165, 1.54) is 68.6 Å². The van der Waals surface area contributed by atoms with Crippen molar-refractivity contribution >= 4 is 17.7 Å². The number of carbonyl (C=O) groups excluding carboxylic acids is 1. The molecule has 1 aromatic carbocycles. The molecule has 4 aliphatic heterocycles. The van der Waals surface area contributed by atoms with Crippen LogP contribution in [0.15, 0.2) is 36.9 Å². The van der Waals surface area contributed by atoms with Crippen molar-refractivity contribution in [3.63, 3.8) is 0 Å². The van der Waals surface area contributed by atoms with Crippen LogP contribution in [0.3, 0.4) is 0 Å². The van der Waals surface area contributed by atoms with Gasteiger partial charge in [0.25, 0.3) is 0 Å². The SMILES string of the molecule is C=CC(=O)N1CCN(C2(C3CCCCCC3)NC(OCC3CCCN3C)NC3C[C@@]4(CCC32)SCc2ccccc2C4OC)CC1CC#N. The number of benzene rings is 1. The Kier molecular flexibility index (Phi) is 11.1. The van der Waals surface area contributed by atoms with Gasteiger partial charge in [0.05, 0.1) is 36.9 Å². The van der Waals surface area contributed by atoms with Gasteiger partial charge in [-0.05, 0) is 81.7 Å². The minimum Gasteiger partial charge on any atom is -0.375 e. The van der Waals surface area contributed by atoms with E-state index in [2.05, 4.69) is 76.2 Å². The fraction of sp³-hybridized carbons (Fsp3) is 0.744. The molecule has 8 atom stereocenters. The molecule has 1 spiro atoms. The van der Waals surface area contributed by atoms with Gasteiger partial charge in [0.15, 0.2) is 6.35 Å². The number of nitriles is 1. The van der Waals surface area contributed by atoms with Crippen molar-refractivity contribution in [2.75, 3.05) is 46.9 Å². The lowest BCUT2D eigenvalue weighted by Gasteiger charge is -2.65. The normalized spacial score (nSPS) is 37.6. The number of piperazine rings is 1. The highest BCUT2D eigenvalue weighted by atomic mass is 32.2. The average Bonchev–Trinajstić information content (AvgIpc) is 3.34. The van der Waals surface area contributed by atoms with Gasteiger partial charge >= 0.3 is 0 Å². The summed E-state index contributed by atoms with van der Waals surface area (Å²) in [4.78, 5) is 20.1. The number of hydrogen-bond acceptors (Lipinski definition) is 9. The van der Waals surface area contributed by atoms with Crippen molar-refractivity contribution in [2.24, 2.45) is 11.8 Å². The Morgan fingerprint density at radius 3 is 2.65 bits per heavy atom. The number of likely N-dealkylation sites (N-methyl/N-ethyl adjacent to an activating group) is 1. The van der Waals surface area contributed by atoms with Gasteiger partial charge in [-0.1, -0.05) is 56.5 Å². The van der Waals surface area contributed by atoms with Crippen LogP contribution in [0.5, 0.6) is 0 Å². The van der Waals surface area contributed by atoms with Crippen molar-refractivity contribution in [2.45, 2.75) is 124 Å². The summed E-state index contributed by atoms with van der Waals surface area (Å²) < 4.78 is 13.4. The van der Waals surface area contributed by atoms with Crippen LogP contribution in [-0.4, -0.2) is 102 Å². The zero-order valence-electron chi connectivity index (χ0n) is 29.8. The molecule has 2 aliphatic carbocycles. The Morgan fingerprint density at radius 1 is 1.10 bits per heavy atom. The standard InChI is InChI=1S/C39H58N6O3S/c1-4-35(46)45-23-22-44(25-30(45)18-20-40)39(29-13-7-5-6-8-14-29)33-17-19-38(36(47-3)32-16-10-9-12-28(32)27-49-38)24-34(33)41-37(42-39)48-26-31-15-11-21-43(31)2/h4,9-10,12,16,29-31,33-34,36-37,41-42H,1,5-8,11,13-15,17-19,21-27H2,2-3H3/t30?,31?,33?,34?,36?,37?,38-,39?/m1/s1. The average molecular weight is 691 g/mol. The molecule has 7 unspecified atom stereocenters. The molecule has 7 rings (SSSR count). The first-order chi connectivity index (χ1) is 23.9.